The standard InChI is InChI=1S/C15H27N3O3/c1-2-3-9-21-10-8-18-13(19)15(17-14(18)20)7-5-4-6-12(15)11-16/h12H,2-11,16H2,1H3,(H,17,20). The molecule has 2 unspecified atom stereocenters. The summed E-state index contributed by atoms with van der Waals surface area (Å²) in [5, 5.41) is 2.92. The summed E-state index contributed by atoms with van der Waals surface area (Å²) < 4.78 is 5.46. The molecule has 1 aliphatic heterocycles. The minimum absolute atomic E-state index is 0.0497. The van der Waals surface area contributed by atoms with Crippen LogP contribution >= 0.6 is 0 Å². The number of carbonyl (C=O) groups excluding carboxylic acids is 2. The molecule has 1 heterocycles. The lowest BCUT2D eigenvalue weighted by atomic mass is 9.72. The Bertz CT molecular complexity index is 388. The molecule has 0 aromatic heterocycles. The molecule has 0 aromatic rings. The number of imide groups is 1. The van der Waals surface area contributed by atoms with Crippen LogP contribution in [0.15, 0.2) is 0 Å². The number of rotatable bonds is 7. The fourth-order valence-corrected chi connectivity index (χ4v) is 3.36. The van der Waals surface area contributed by atoms with Crippen molar-refractivity contribution in [3.05, 3.63) is 0 Å². The van der Waals surface area contributed by atoms with E-state index in [2.05, 4.69) is 12.2 Å². The number of unbranched alkanes of at least 4 members (excludes halogenated alkanes) is 1. The molecule has 1 aliphatic carbocycles. The van der Waals surface area contributed by atoms with Gasteiger partial charge in [0.1, 0.15) is 5.54 Å². The molecule has 2 atom stereocenters. The molecule has 21 heavy (non-hydrogen) atoms. The first kappa shape index (κ1) is 16.2. The van der Waals surface area contributed by atoms with E-state index in [4.69, 9.17) is 10.5 Å². The van der Waals surface area contributed by atoms with E-state index in [1.54, 1.807) is 0 Å². The van der Waals surface area contributed by atoms with Crippen LogP contribution in [0.2, 0.25) is 0 Å². The maximum atomic E-state index is 12.7. The number of urea groups is 1. The SMILES string of the molecule is CCCCOCCN1C(=O)NC2(CCCCC2CN)C1=O. The summed E-state index contributed by atoms with van der Waals surface area (Å²) in [7, 11) is 0. The number of amides is 3. The number of nitrogens with one attached hydrogen (secondary N) is 1. The van der Waals surface area contributed by atoms with Gasteiger partial charge in [0.2, 0.25) is 0 Å². The van der Waals surface area contributed by atoms with E-state index < -0.39 is 5.54 Å². The third-order valence-corrected chi connectivity index (χ3v) is 4.66. The van der Waals surface area contributed by atoms with Gasteiger partial charge in [0.25, 0.3) is 5.91 Å². The first-order valence-electron chi connectivity index (χ1n) is 8.07. The predicted molar refractivity (Wildman–Crippen MR) is 79.7 cm³/mol. The fraction of sp³-hybridized carbons (Fsp3) is 0.867. The summed E-state index contributed by atoms with van der Waals surface area (Å²) in [5.41, 5.74) is 5.06. The zero-order valence-corrected chi connectivity index (χ0v) is 12.9. The van der Waals surface area contributed by atoms with Gasteiger partial charge in [0.05, 0.1) is 13.2 Å². The van der Waals surface area contributed by atoms with Crippen LogP contribution in [0.1, 0.15) is 45.4 Å². The quantitative estimate of drug-likeness (QED) is 0.547. The molecule has 1 spiro atoms. The molecular weight excluding hydrogens is 270 g/mol. The van der Waals surface area contributed by atoms with Crippen LogP contribution in [-0.2, 0) is 9.53 Å². The van der Waals surface area contributed by atoms with E-state index in [-0.39, 0.29) is 17.9 Å². The van der Waals surface area contributed by atoms with Crippen LogP contribution in [0.3, 0.4) is 0 Å². The lowest BCUT2D eigenvalue weighted by Gasteiger charge is -2.38. The highest BCUT2D eigenvalue weighted by Gasteiger charge is 2.55. The van der Waals surface area contributed by atoms with Gasteiger partial charge in [-0.15, -0.1) is 0 Å². The van der Waals surface area contributed by atoms with Gasteiger partial charge in [-0.05, 0) is 25.8 Å². The average molecular weight is 297 g/mol. The number of nitrogens with zero attached hydrogens (tertiary/aromatic N) is 1. The summed E-state index contributed by atoms with van der Waals surface area (Å²) in [6.07, 6.45) is 5.72. The van der Waals surface area contributed by atoms with Crippen molar-refractivity contribution in [2.45, 2.75) is 51.0 Å². The second-order valence-electron chi connectivity index (χ2n) is 6.00. The molecule has 6 nitrogen and oxygen atoms in total. The lowest BCUT2D eigenvalue weighted by molar-refractivity contribution is -0.134. The van der Waals surface area contributed by atoms with Crippen molar-refractivity contribution < 1.29 is 14.3 Å². The van der Waals surface area contributed by atoms with Gasteiger partial charge < -0.3 is 15.8 Å². The first-order valence-corrected chi connectivity index (χ1v) is 8.07. The normalized spacial score (nSPS) is 29.2. The molecule has 3 N–H and O–H groups in total. The Balaban J connectivity index is 1.95. The topological polar surface area (TPSA) is 84.7 Å². The Morgan fingerprint density at radius 1 is 1.38 bits per heavy atom. The van der Waals surface area contributed by atoms with Crippen LogP contribution in [0.25, 0.3) is 0 Å². The van der Waals surface area contributed by atoms with Crippen LogP contribution in [0, 0.1) is 5.92 Å². The fourth-order valence-electron chi connectivity index (χ4n) is 3.36. The maximum Gasteiger partial charge on any atom is 0.325 e. The Hall–Kier alpha value is -1.14. The average Bonchev–Trinajstić information content (AvgIpc) is 2.72. The number of hydrogen-bond acceptors (Lipinski definition) is 4. The van der Waals surface area contributed by atoms with Crippen molar-refractivity contribution in [2.24, 2.45) is 11.7 Å². The van der Waals surface area contributed by atoms with Crippen LogP contribution in [0.4, 0.5) is 4.79 Å². The van der Waals surface area contributed by atoms with Gasteiger partial charge in [-0.2, -0.15) is 0 Å². The van der Waals surface area contributed by atoms with Crippen LogP contribution < -0.4 is 11.1 Å². The highest BCUT2D eigenvalue weighted by Crippen LogP contribution is 2.37. The Morgan fingerprint density at radius 2 is 2.19 bits per heavy atom. The molecular formula is C15H27N3O3. The van der Waals surface area contributed by atoms with E-state index in [9.17, 15) is 9.59 Å². The second kappa shape index (κ2) is 7.22. The molecule has 6 heteroatoms. The Labute approximate surface area is 126 Å². The van der Waals surface area contributed by atoms with Crippen molar-refractivity contribution in [3.63, 3.8) is 0 Å². The van der Waals surface area contributed by atoms with Crippen molar-refractivity contribution in [1.82, 2.24) is 10.2 Å². The van der Waals surface area contributed by atoms with Gasteiger partial charge in [-0.1, -0.05) is 26.2 Å². The number of carbonyl (C=O) groups is 2. The summed E-state index contributed by atoms with van der Waals surface area (Å²) >= 11 is 0. The Kier molecular flexibility index (Phi) is 5.58. The van der Waals surface area contributed by atoms with Gasteiger partial charge in [-0.25, -0.2) is 4.79 Å². The molecule has 1 saturated carbocycles. The van der Waals surface area contributed by atoms with Crippen LogP contribution in [0.5, 0.6) is 0 Å². The number of nitrogens with two attached hydrogens (primary N) is 1. The largest absolute Gasteiger partial charge is 0.380 e. The first-order chi connectivity index (χ1) is 10.2. The minimum Gasteiger partial charge on any atom is -0.380 e. The molecule has 3 amide bonds. The zero-order chi connectivity index (χ0) is 15.3. The summed E-state index contributed by atoms with van der Waals surface area (Å²) in [5.74, 6) is -0.0598. The minimum atomic E-state index is -0.756. The van der Waals surface area contributed by atoms with Crippen LogP contribution in [-0.4, -0.2) is 48.7 Å². The molecule has 2 fully saturated rings. The number of ether oxygens (including phenoxy) is 1. The lowest BCUT2D eigenvalue weighted by Crippen LogP contribution is -2.57. The van der Waals surface area contributed by atoms with Crippen molar-refractivity contribution >= 4 is 11.9 Å². The molecule has 1 saturated heterocycles. The van der Waals surface area contributed by atoms with E-state index in [1.165, 1.54) is 4.90 Å². The van der Waals surface area contributed by atoms with Gasteiger partial charge in [-0.3, -0.25) is 9.69 Å². The third-order valence-electron chi connectivity index (χ3n) is 4.66. The summed E-state index contributed by atoms with van der Waals surface area (Å²) in [6, 6.07) is -0.292. The second-order valence-corrected chi connectivity index (χ2v) is 6.00. The van der Waals surface area contributed by atoms with E-state index in [0.717, 1.165) is 32.1 Å². The van der Waals surface area contributed by atoms with E-state index >= 15 is 0 Å². The van der Waals surface area contributed by atoms with Gasteiger partial charge >= 0.3 is 6.03 Å². The van der Waals surface area contributed by atoms with Crippen molar-refractivity contribution in [3.8, 4) is 0 Å². The summed E-state index contributed by atoms with van der Waals surface area (Å²) in [4.78, 5) is 26.2. The van der Waals surface area contributed by atoms with Gasteiger partial charge in [0, 0.05) is 12.5 Å². The molecule has 2 rings (SSSR count). The molecule has 2 aliphatic rings. The van der Waals surface area contributed by atoms with E-state index in [0.29, 0.717) is 32.7 Å². The smallest absolute Gasteiger partial charge is 0.325 e. The third kappa shape index (κ3) is 3.21. The predicted octanol–water partition coefficient (Wildman–Crippen LogP) is 1.24. The molecule has 0 radical (unpaired) electrons. The molecule has 0 aromatic carbocycles. The summed E-state index contributed by atoms with van der Waals surface area (Å²) in [6.45, 7) is 3.94. The monoisotopic (exact) mass is 297 g/mol. The maximum absolute atomic E-state index is 12.7. The van der Waals surface area contributed by atoms with Crippen molar-refractivity contribution in [2.75, 3.05) is 26.3 Å². The van der Waals surface area contributed by atoms with Gasteiger partial charge in [0.15, 0.2) is 0 Å². The Morgan fingerprint density at radius 3 is 2.90 bits per heavy atom. The molecule has 120 valence electrons. The van der Waals surface area contributed by atoms with E-state index in [1.807, 2.05) is 0 Å². The van der Waals surface area contributed by atoms with Crippen molar-refractivity contribution in [1.29, 1.82) is 0 Å². The number of hydrogen-bond donors (Lipinski definition) is 2. The molecule has 0 bridgehead atoms. The zero-order valence-electron chi connectivity index (χ0n) is 12.9. The highest BCUT2D eigenvalue weighted by atomic mass is 16.5. The highest BCUT2D eigenvalue weighted by molar-refractivity contribution is 6.07.